The molecular formula is C17H18NO2PS. The van der Waals surface area contributed by atoms with E-state index in [9.17, 15) is 9.90 Å². The van der Waals surface area contributed by atoms with Crippen molar-refractivity contribution in [2.24, 2.45) is 0 Å². The fraction of sp³-hybridized carbons (Fsp3) is 0.235. The minimum absolute atomic E-state index is 0.480. The minimum Gasteiger partial charge on any atom is -0.480 e. The lowest BCUT2D eigenvalue weighted by atomic mass is 10.2. The molecule has 0 aliphatic carbocycles. The molecule has 2 aromatic rings. The molecule has 1 aliphatic rings. The van der Waals surface area contributed by atoms with E-state index in [0.29, 0.717) is 6.42 Å². The summed E-state index contributed by atoms with van der Waals surface area (Å²) >= 11 is 6.16. The Balaban J connectivity index is 2.16. The summed E-state index contributed by atoms with van der Waals surface area (Å²) in [6.45, 7) is 0.748. The summed E-state index contributed by atoms with van der Waals surface area (Å²) in [6, 6.07) is 19.5. The molecule has 0 aromatic heterocycles. The Morgan fingerprint density at radius 3 is 2.00 bits per heavy atom. The Morgan fingerprint density at radius 2 is 1.55 bits per heavy atom. The van der Waals surface area contributed by atoms with Crippen molar-refractivity contribution in [3.8, 4) is 0 Å². The number of hydrogen-bond acceptors (Lipinski definition) is 2. The molecule has 114 valence electrons. The van der Waals surface area contributed by atoms with Gasteiger partial charge >= 0.3 is 5.97 Å². The van der Waals surface area contributed by atoms with Crippen molar-refractivity contribution in [1.82, 2.24) is 4.67 Å². The lowest BCUT2D eigenvalue weighted by Crippen LogP contribution is -2.39. The maximum absolute atomic E-state index is 11.7. The van der Waals surface area contributed by atoms with Crippen LogP contribution in [0.2, 0.25) is 0 Å². The van der Waals surface area contributed by atoms with Gasteiger partial charge in [-0.25, -0.2) is 0 Å². The van der Waals surface area contributed by atoms with Crippen molar-refractivity contribution in [3.63, 3.8) is 0 Å². The van der Waals surface area contributed by atoms with Gasteiger partial charge in [-0.3, -0.25) is 9.46 Å². The zero-order chi connectivity index (χ0) is 15.6. The molecule has 0 saturated carbocycles. The van der Waals surface area contributed by atoms with Crippen LogP contribution in [0, 0.1) is 0 Å². The van der Waals surface area contributed by atoms with Gasteiger partial charge in [0, 0.05) is 17.2 Å². The van der Waals surface area contributed by atoms with Crippen LogP contribution in [0.5, 0.6) is 0 Å². The molecule has 1 heterocycles. The lowest BCUT2D eigenvalue weighted by molar-refractivity contribution is -0.140. The summed E-state index contributed by atoms with van der Waals surface area (Å²) in [7, 11) is 0. The van der Waals surface area contributed by atoms with Gasteiger partial charge in [0.15, 0.2) is 0 Å². The highest BCUT2D eigenvalue weighted by Gasteiger charge is 2.41. The fourth-order valence-corrected chi connectivity index (χ4v) is 7.44. The van der Waals surface area contributed by atoms with Crippen LogP contribution in [0.1, 0.15) is 12.8 Å². The van der Waals surface area contributed by atoms with Crippen molar-refractivity contribution in [2.75, 3.05) is 6.54 Å². The SMILES string of the molecule is O=C(O)[C@@H]1CCCN1P(=S)(c1ccccc1)c1ccccc1. The van der Waals surface area contributed by atoms with Gasteiger partial charge in [-0.1, -0.05) is 72.5 Å². The lowest BCUT2D eigenvalue weighted by Gasteiger charge is -2.35. The topological polar surface area (TPSA) is 40.5 Å². The van der Waals surface area contributed by atoms with Crippen LogP contribution in [0.4, 0.5) is 0 Å². The van der Waals surface area contributed by atoms with Crippen LogP contribution in [-0.4, -0.2) is 28.3 Å². The highest BCUT2D eigenvalue weighted by molar-refractivity contribution is 8.20. The summed E-state index contributed by atoms with van der Waals surface area (Å²) < 4.78 is 2.06. The molecule has 3 rings (SSSR count). The van der Waals surface area contributed by atoms with Gasteiger partial charge in [0.05, 0.1) is 6.19 Å². The summed E-state index contributed by atoms with van der Waals surface area (Å²) in [4.78, 5) is 11.7. The molecule has 1 N–H and O–H groups in total. The summed E-state index contributed by atoms with van der Waals surface area (Å²) in [5, 5.41) is 11.7. The fourth-order valence-electron chi connectivity index (χ4n) is 3.05. The Labute approximate surface area is 135 Å². The first-order valence-electron chi connectivity index (χ1n) is 7.35. The first-order chi connectivity index (χ1) is 10.6. The van der Waals surface area contributed by atoms with Crippen LogP contribution in [0.15, 0.2) is 60.7 Å². The van der Waals surface area contributed by atoms with E-state index in [1.165, 1.54) is 0 Å². The number of hydrogen-bond donors (Lipinski definition) is 1. The third-order valence-electron chi connectivity index (χ3n) is 4.08. The molecule has 1 saturated heterocycles. The van der Waals surface area contributed by atoms with Crippen LogP contribution in [0.3, 0.4) is 0 Å². The first kappa shape index (κ1) is 15.4. The van der Waals surface area contributed by atoms with E-state index >= 15 is 0 Å². The maximum Gasteiger partial charge on any atom is 0.321 e. The van der Waals surface area contributed by atoms with Gasteiger partial charge in [0.2, 0.25) is 0 Å². The number of carboxylic acid groups (broad SMARTS) is 1. The van der Waals surface area contributed by atoms with E-state index < -0.39 is 18.2 Å². The number of aliphatic carboxylic acids is 1. The summed E-state index contributed by atoms with van der Waals surface area (Å²) in [6.07, 6.45) is -0.738. The van der Waals surface area contributed by atoms with E-state index in [-0.39, 0.29) is 0 Å². The van der Waals surface area contributed by atoms with Crippen LogP contribution in [-0.2, 0) is 16.6 Å². The predicted octanol–water partition coefficient (Wildman–Crippen LogP) is 2.58. The quantitative estimate of drug-likeness (QED) is 0.875. The Kier molecular flexibility index (Phi) is 4.44. The second-order valence-corrected chi connectivity index (χ2v) is 9.69. The Morgan fingerprint density at radius 1 is 1.05 bits per heavy atom. The van der Waals surface area contributed by atoms with Crippen LogP contribution >= 0.6 is 6.19 Å². The second-order valence-electron chi connectivity index (χ2n) is 5.41. The molecule has 0 bridgehead atoms. The van der Waals surface area contributed by atoms with Crippen molar-refractivity contribution < 1.29 is 9.90 Å². The van der Waals surface area contributed by atoms with Gasteiger partial charge in [0.25, 0.3) is 0 Å². The number of benzene rings is 2. The predicted molar refractivity (Wildman–Crippen MR) is 93.8 cm³/mol. The number of nitrogens with zero attached hydrogens (tertiary/aromatic N) is 1. The van der Waals surface area contributed by atoms with Gasteiger partial charge in [-0.15, -0.1) is 0 Å². The van der Waals surface area contributed by atoms with E-state index in [2.05, 4.69) is 4.67 Å². The molecule has 0 spiro atoms. The standard InChI is InChI=1S/C17H18NO2PS/c19-17(20)16-12-7-13-18(16)21(22,14-8-3-1-4-9-14)15-10-5-2-6-11-15/h1-6,8-11,16H,7,12-13H2,(H,19,20)/t16-/m0/s1. The summed E-state index contributed by atoms with van der Waals surface area (Å²) in [5.74, 6) is -0.765. The zero-order valence-electron chi connectivity index (χ0n) is 12.1. The average molecular weight is 331 g/mol. The summed E-state index contributed by atoms with van der Waals surface area (Å²) in [5.41, 5.74) is 0. The van der Waals surface area contributed by atoms with Gasteiger partial charge < -0.3 is 5.11 Å². The van der Waals surface area contributed by atoms with E-state index in [1.807, 2.05) is 60.7 Å². The molecular weight excluding hydrogens is 313 g/mol. The second kappa shape index (κ2) is 6.33. The van der Waals surface area contributed by atoms with Crippen molar-refractivity contribution in [3.05, 3.63) is 60.7 Å². The normalized spacial score (nSPS) is 19.2. The van der Waals surface area contributed by atoms with Gasteiger partial charge in [0.1, 0.15) is 6.04 Å². The number of carboxylic acids is 1. The molecule has 0 radical (unpaired) electrons. The maximum atomic E-state index is 11.7. The molecule has 3 nitrogen and oxygen atoms in total. The monoisotopic (exact) mass is 331 g/mol. The van der Waals surface area contributed by atoms with Crippen LogP contribution < -0.4 is 10.6 Å². The first-order valence-corrected chi connectivity index (χ1v) is 10.1. The molecule has 0 unspecified atom stereocenters. The van der Waals surface area contributed by atoms with Gasteiger partial charge in [-0.05, 0) is 12.8 Å². The minimum atomic E-state index is -2.30. The molecule has 1 aliphatic heterocycles. The molecule has 5 heteroatoms. The van der Waals surface area contributed by atoms with Crippen molar-refractivity contribution in [1.29, 1.82) is 0 Å². The molecule has 0 amide bonds. The molecule has 22 heavy (non-hydrogen) atoms. The molecule has 2 aromatic carbocycles. The Bertz CT molecular complexity index is 662. The smallest absolute Gasteiger partial charge is 0.321 e. The highest BCUT2D eigenvalue weighted by atomic mass is 32.4. The number of carbonyl (C=O) groups is 1. The molecule has 1 fully saturated rings. The van der Waals surface area contributed by atoms with Gasteiger partial charge in [-0.2, -0.15) is 0 Å². The zero-order valence-corrected chi connectivity index (χ0v) is 13.8. The third kappa shape index (κ3) is 2.63. The van der Waals surface area contributed by atoms with E-state index in [1.54, 1.807) is 0 Å². The largest absolute Gasteiger partial charge is 0.480 e. The van der Waals surface area contributed by atoms with E-state index in [0.717, 1.165) is 23.6 Å². The average Bonchev–Trinajstić information content (AvgIpc) is 3.06. The van der Waals surface area contributed by atoms with Crippen LogP contribution in [0.25, 0.3) is 0 Å². The third-order valence-corrected chi connectivity index (χ3v) is 9.18. The van der Waals surface area contributed by atoms with Crippen molar-refractivity contribution in [2.45, 2.75) is 18.9 Å². The van der Waals surface area contributed by atoms with E-state index in [4.69, 9.17) is 11.8 Å². The number of rotatable bonds is 4. The highest BCUT2D eigenvalue weighted by Crippen LogP contribution is 2.51. The molecule has 1 atom stereocenters. The Hall–Kier alpha value is -1.48. The van der Waals surface area contributed by atoms with Crippen molar-refractivity contribution >= 4 is 34.6 Å².